The van der Waals surface area contributed by atoms with Crippen molar-refractivity contribution in [2.75, 3.05) is 5.32 Å². The first-order valence-corrected chi connectivity index (χ1v) is 7.12. The van der Waals surface area contributed by atoms with Gasteiger partial charge in [-0.25, -0.2) is 4.79 Å². The van der Waals surface area contributed by atoms with Gasteiger partial charge in [-0.15, -0.1) is 0 Å². The zero-order valence-electron chi connectivity index (χ0n) is 11.1. The fourth-order valence-corrected chi connectivity index (χ4v) is 2.84. The van der Waals surface area contributed by atoms with Gasteiger partial charge in [-0.05, 0) is 37.3 Å². The molecule has 2 aromatic rings. The molecule has 0 bridgehead atoms. The number of rotatable bonds is 3. The Hall–Kier alpha value is -2.09. The molecule has 0 radical (unpaired) electrons. The Kier molecular flexibility index (Phi) is 3.78. The minimum atomic E-state index is -0.964. The number of aromatic amines is 1. The van der Waals surface area contributed by atoms with Crippen molar-refractivity contribution >= 4 is 34.5 Å². The van der Waals surface area contributed by atoms with Gasteiger partial charge in [-0.3, -0.25) is 5.10 Å². The Morgan fingerprint density at radius 3 is 2.71 bits per heavy atom. The van der Waals surface area contributed by atoms with Crippen LogP contribution in [-0.4, -0.2) is 43.4 Å². The van der Waals surface area contributed by atoms with E-state index in [1.165, 1.54) is 0 Å². The number of anilines is 1. The maximum absolute atomic E-state index is 10.6. The Labute approximate surface area is 125 Å². The average molecular weight is 311 g/mol. The van der Waals surface area contributed by atoms with Crippen LogP contribution in [0.1, 0.15) is 25.7 Å². The van der Waals surface area contributed by atoms with Gasteiger partial charge in [0.05, 0.1) is 11.6 Å². The number of carbonyl (C=O) groups is 1. The predicted octanol–water partition coefficient (Wildman–Crippen LogP) is 2.00. The summed E-state index contributed by atoms with van der Waals surface area (Å²) in [6.07, 6.45) is 4.03. The van der Waals surface area contributed by atoms with E-state index in [1.807, 2.05) is 0 Å². The second-order valence-electron chi connectivity index (χ2n) is 5.12. The van der Waals surface area contributed by atoms with Crippen molar-refractivity contribution in [3.63, 3.8) is 0 Å². The van der Waals surface area contributed by atoms with Crippen LogP contribution in [-0.2, 0) is 0 Å². The normalized spacial score (nSPS) is 22.1. The third-order valence-electron chi connectivity index (χ3n) is 3.68. The molecule has 3 rings (SSSR count). The standard InChI is InChI=1S/C12H15ClN6O2/c13-11-17-9(8-5-14-19-10(8)18-11)15-6-1-3-7(4-2-6)16-12(20)21/h5-7,16H,1-4H2,(H,20,21)(H2,14,15,17,18,19). The molecule has 4 N–H and O–H groups in total. The molecule has 0 aliphatic heterocycles. The van der Waals surface area contributed by atoms with Gasteiger partial charge in [0.2, 0.25) is 5.28 Å². The summed E-state index contributed by atoms with van der Waals surface area (Å²) in [6, 6.07) is 0.268. The van der Waals surface area contributed by atoms with Crippen molar-refractivity contribution in [1.29, 1.82) is 0 Å². The van der Waals surface area contributed by atoms with Crippen LogP contribution in [0.15, 0.2) is 6.20 Å². The number of carboxylic acid groups (broad SMARTS) is 1. The first kappa shape index (κ1) is 13.9. The van der Waals surface area contributed by atoms with Gasteiger partial charge in [0.1, 0.15) is 5.82 Å². The lowest BCUT2D eigenvalue weighted by atomic mass is 9.91. The molecule has 8 nitrogen and oxygen atoms in total. The van der Waals surface area contributed by atoms with Gasteiger partial charge in [-0.1, -0.05) is 0 Å². The van der Waals surface area contributed by atoms with Gasteiger partial charge in [-0.2, -0.15) is 15.1 Å². The van der Waals surface area contributed by atoms with Crippen LogP contribution in [0.3, 0.4) is 0 Å². The zero-order chi connectivity index (χ0) is 14.8. The van der Waals surface area contributed by atoms with Crippen LogP contribution in [0.5, 0.6) is 0 Å². The highest BCUT2D eigenvalue weighted by Gasteiger charge is 2.23. The van der Waals surface area contributed by atoms with E-state index < -0.39 is 6.09 Å². The SMILES string of the molecule is O=C(O)NC1CCC(Nc2nc(Cl)nc3[nH]ncc23)CC1. The zero-order valence-corrected chi connectivity index (χ0v) is 11.9. The van der Waals surface area contributed by atoms with Crippen LogP contribution in [0.2, 0.25) is 5.28 Å². The van der Waals surface area contributed by atoms with Gasteiger partial charge in [0.25, 0.3) is 0 Å². The molecule has 112 valence electrons. The van der Waals surface area contributed by atoms with E-state index in [-0.39, 0.29) is 17.4 Å². The Morgan fingerprint density at radius 1 is 1.29 bits per heavy atom. The fourth-order valence-electron chi connectivity index (χ4n) is 2.67. The minimum absolute atomic E-state index is 0.0310. The summed E-state index contributed by atoms with van der Waals surface area (Å²) < 4.78 is 0. The van der Waals surface area contributed by atoms with Crippen molar-refractivity contribution < 1.29 is 9.90 Å². The van der Waals surface area contributed by atoms with Crippen molar-refractivity contribution in [2.45, 2.75) is 37.8 Å². The highest BCUT2D eigenvalue weighted by molar-refractivity contribution is 6.28. The van der Waals surface area contributed by atoms with Crippen LogP contribution < -0.4 is 10.6 Å². The molecule has 21 heavy (non-hydrogen) atoms. The molecule has 0 spiro atoms. The third kappa shape index (κ3) is 3.15. The molecule has 1 fully saturated rings. The van der Waals surface area contributed by atoms with E-state index in [9.17, 15) is 4.79 Å². The first-order chi connectivity index (χ1) is 10.1. The maximum atomic E-state index is 10.6. The van der Waals surface area contributed by atoms with E-state index in [4.69, 9.17) is 16.7 Å². The largest absolute Gasteiger partial charge is 0.465 e. The molecule has 0 saturated heterocycles. The summed E-state index contributed by atoms with van der Waals surface area (Å²) in [6.45, 7) is 0. The van der Waals surface area contributed by atoms with Crippen molar-refractivity contribution in [3.8, 4) is 0 Å². The molecule has 1 saturated carbocycles. The second kappa shape index (κ2) is 5.72. The number of nitrogens with one attached hydrogen (secondary N) is 3. The summed E-state index contributed by atoms with van der Waals surface area (Å²) >= 11 is 5.89. The highest BCUT2D eigenvalue weighted by Crippen LogP contribution is 2.25. The van der Waals surface area contributed by atoms with E-state index in [0.717, 1.165) is 31.1 Å². The number of nitrogens with zero attached hydrogens (tertiary/aromatic N) is 3. The lowest BCUT2D eigenvalue weighted by Crippen LogP contribution is -2.39. The second-order valence-corrected chi connectivity index (χ2v) is 5.45. The molecule has 0 unspecified atom stereocenters. The monoisotopic (exact) mass is 310 g/mol. The summed E-state index contributed by atoms with van der Waals surface area (Å²) in [5.74, 6) is 0.661. The maximum Gasteiger partial charge on any atom is 0.404 e. The molecular formula is C12H15ClN6O2. The Morgan fingerprint density at radius 2 is 2.00 bits per heavy atom. The molecule has 1 aliphatic carbocycles. The quantitative estimate of drug-likeness (QED) is 0.644. The number of halogens is 1. The average Bonchev–Trinajstić information content (AvgIpc) is 2.88. The molecule has 9 heteroatoms. The summed E-state index contributed by atoms with van der Waals surface area (Å²) in [5, 5.41) is 22.3. The van der Waals surface area contributed by atoms with Crippen LogP contribution in [0, 0.1) is 0 Å². The molecule has 1 amide bonds. The van der Waals surface area contributed by atoms with Crippen molar-refractivity contribution in [1.82, 2.24) is 25.5 Å². The van der Waals surface area contributed by atoms with Crippen LogP contribution >= 0.6 is 11.6 Å². The minimum Gasteiger partial charge on any atom is -0.465 e. The van der Waals surface area contributed by atoms with Gasteiger partial charge < -0.3 is 15.7 Å². The lowest BCUT2D eigenvalue weighted by molar-refractivity contribution is 0.185. The highest BCUT2D eigenvalue weighted by atomic mass is 35.5. The number of fused-ring (bicyclic) bond motifs is 1. The van der Waals surface area contributed by atoms with Gasteiger partial charge >= 0.3 is 6.09 Å². The molecule has 1 aliphatic rings. The van der Waals surface area contributed by atoms with E-state index in [0.29, 0.717) is 11.5 Å². The molecular weight excluding hydrogens is 296 g/mol. The Bertz CT molecular complexity index is 652. The first-order valence-electron chi connectivity index (χ1n) is 6.74. The molecule has 2 heterocycles. The number of H-pyrrole nitrogens is 1. The number of hydrogen-bond donors (Lipinski definition) is 4. The van der Waals surface area contributed by atoms with Crippen LogP contribution in [0.4, 0.5) is 10.6 Å². The molecule has 0 atom stereocenters. The topological polar surface area (TPSA) is 116 Å². The van der Waals surface area contributed by atoms with Crippen molar-refractivity contribution in [2.24, 2.45) is 0 Å². The number of amides is 1. The third-order valence-corrected chi connectivity index (χ3v) is 3.85. The van der Waals surface area contributed by atoms with Gasteiger partial charge in [0, 0.05) is 12.1 Å². The smallest absolute Gasteiger partial charge is 0.404 e. The predicted molar refractivity (Wildman–Crippen MR) is 77.5 cm³/mol. The summed E-state index contributed by atoms with van der Waals surface area (Å²) in [4.78, 5) is 18.9. The summed E-state index contributed by atoms with van der Waals surface area (Å²) in [7, 11) is 0. The van der Waals surface area contributed by atoms with Crippen LogP contribution in [0.25, 0.3) is 11.0 Å². The van der Waals surface area contributed by atoms with E-state index in [1.54, 1.807) is 6.20 Å². The fraction of sp³-hybridized carbons (Fsp3) is 0.500. The van der Waals surface area contributed by atoms with E-state index >= 15 is 0 Å². The van der Waals surface area contributed by atoms with Gasteiger partial charge in [0.15, 0.2) is 5.65 Å². The molecule has 0 aromatic carbocycles. The number of hydrogen-bond acceptors (Lipinski definition) is 5. The summed E-state index contributed by atoms with van der Waals surface area (Å²) in [5.41, 5.74) is 0.596. The number of aromatic nitrogens is 4. The Balaban J connectivity index is 1.67. The van der Waals surface area contributed by atoms with E-state index in [2.05, 4.69) is 30.8 Å². The lowest BCUT2D eigenvalue weighted by Gasteiger charge is -2.29. The molecule has 2 aromatic heterocycles. The van der Waals surface area contributed by atoms with Crippen molar-refractivity contribution in [3.05, 3.63) is 11.5 Å².